The van der Waals surface area contributed by atoms with Crippen LogP contribution >= 0.6 is 11.3 Å². The molecule has 2 N–H and O–H groups in total. The summed E-state index contributed by atoms with van der Waals surface area (Å²) in [5.41, 5.74) is 1.05. The zero-order chi connectivity index (χ0) is 13.7. The maximum atomic E-state index is 9.44. The van der Waals surface area contributed by atoms with Crippen molar-refractivity contribution in [2.75, 3.05) is 6.54 Å². The summed E-state index contributed by atoms with van der Waals surface area (Å²) in [5.74, 6) is 0.292. The van der Waals surface area contributed by atoms with Gasteiger partial charge in [-0.15, -0.1) is 10.2 Å². The Kier molecular flexibility index (Phi) is 4.87. The van der Waals surface area contributed by atoms with E-state index in [9.17, 15) is 5.11 Å². The molecule has 2 aromatic rings. The summed E-state index contributed by atoms with van der Waals surface area (Å²) in [6, 6.07) is 7.51. The van der Waals surface area contributed by atoms with E-state index >= 15 is 0 Å². The third-order valence-electron chi connectivity index (χ3n) is 2.82. The van der Waals surface area contributed by atoms with Gasteiger partial charge in [0.2, 0.25) is 0 Å². The second-order valence-electron chi connectivity index (χ2n) is 4.56. The van der Waals surface area contributed by atoms with Crippen LogP contribution in [0.5, 0.6) is 5.75 Å². The molecule has 2 rings (SSSR count). The number of nitrogens with one attached hydrogen (secondary N) is 1. The van der Waals surface area contributed by atoms with E-state index in [1.54, 1.807) is 23.5 Å². The maximum absolute atomic E-state index is 9.44. The Morgan fingerprint density at radius 2 is 2.21 bits per heavy atom. The molecule has 4 nitrogen and oxygen atoms in total. The Morgan fingerprint density at radius 1 is 1.37 bits per heavy atom. The van der Waals surface area contributed by atoms with Crippen LogP contribution in [-0.4, -0.2) is 21.8 Å². The van der Waals surface area contributed by atoms with Crippen molar-refractivity contribution in [3.63, 3.8) is 0 Å². The van der Waals surface area contributed by atoms with E-state index in [0.717, 1.165) is 28.5 Å². The molecule has 0 spiro atoms. The first-order chi connectivity index (χ1) is 9.19. The Balaban J connectivity index is 2.01. The van der Waals surface area contributed by atoms with Crippen molar-refractivity contribution >= 4 is 11.3 Å². The van der Waals surface area contributed by atoms with Crippen LogP contribution in [-0.2, 0) is 6.42 Å². The van der Waals surface area contributed by atoms with Gasteiger partial charge in [0.05, 0.1) is 6.04 Å². The molecule has 1 unspecified atom stereocenters. The molecule has 1 atom stereocenters. The van der Waals surface area contributed by atoms with Crippen molar-refractivity contribution in [3.05, 3.63) is 39.8 Å². The first-order valence-electron chi connectivity index (χ1n) is 6.52. The van der Waals surface area contributed by atoms with Crippen molar-refractivity contribution in [1.29, 1.82) is 0 Å². The van der Waals surface area contributed by atoms with Crippen LogP contribution in [0.4, 0.5) is 0 Å². The van der Waals surface area contributed by atoms with Crippen LogP contribution in [0.15, 0.2) is 24.3 Å². The molecule has 102 valence electrons. The molecule has 0 aliphatic heterocycles. The number of rotatable bonds is 6. The molecular formula is C14H19N3OS. The van der Waals surface area contributed by atoms with Gasteiger partial charge in [-0.3, -0.25) is 0 Å². The first kappa shape index (κ1) is 14.0. The molecule has 0 aliphatic carbocycles. The second kappa shape index (κ2) is 6.63. The summed E-state index contributed by atoms with van der Waals surface area (Å²) >= 11 is 1.63. The minimum atomic E-state index is 0.246. The van der Waals surface area contributed by atoms with E-state index in [2.05, 4.69) is 29.4 Å². The predicted molar refractivity (Wildman–Crippen MR) is 77.5 cm³/mol. The molecule has 0 saturated carbocycles. The molecule has 0 amide bonds. The number of hydrogen-bond acceptors (Lipinski definition) is 5. The van der Waals surface area contributed by atoms with Gasteiger partial charge >= 0.3 is 0 Å². The highest BCUT2D eigenvalue weighted by Crippen LogP contribution is 2.21. The number of aromatic nitrogens is 2. The van der Waals surface area contributed by atoms with E-state index in [0.29, 0.717) is 12.2 Å². The van der Waals surface area contributed by atoms with Gasteiger partial charge in [0.15, 0.2) is 0 Å². The van der Waals surface area contributed by atoms with Crippen LogP contribution < -0.4 is 5.32 Å². The van der Waals surface area contributed by atoms with Crippen LogP contribution in [0.3, 0.4) is 0 Å². The molecule has 0 saturated heterocycles. The normalized spacial score (nSPS) is 12.5. The van der Waals surface area contributed by atoms with Crippen molar-refractivity contribution in [3.8, 4) is 5.75 Å². The number of phenolic OH excluding ortho intramolecular Hbond substituents is 1. The van der Waals surface area contributed by atoms with Gasteiger partial charge < -0.3 is 10.4 Å². The summed E-state index contributed by atoms with van der Waals surface area (Å²) in [6.07, 6.45) is 1.83. The lowest BCUT2D eigenvalue weighted by atomic mass is 10.1. The van der Waals surface area contributed by atoms with E-state index in [4.69, 9.17) is 0 Å². The second-order valence-corrected chi connectivity index (χ2v) is 5.65. The molecule has 0 fully saturated rings. The zero-order valence-corrected chi connectivity index (χ0v) is 12.1. The van der Waals surface area contributed by atoms with Crippen LogP contribution in [0.25, 0.3) is 0 Å². The van der Waals surface area contributed by atoms with E-state index < -0.39 is 0 Å². The minimum absolute atomic E-state index is 0.246. The van der Waals surface area contributed by atoms with Crippen LogP contribution in [0, 0.1) is 0 Å². The van der Waals surface area contributed by atoms with E-state index in [1.165, 1.54) is 0 Å². The molecule has 0 bridgehead atoms. The standard InChI is InChI=1S/C14H19N3OS/c1-3-7-15-10(2)14-17-16-13(19-14)9-11-5-4-6-12(18)8-11/h4-6,8,10,15,18H,3,7,9H2,1-2H3. The number of benzene rings is 1. The fraction of sp³-hybridized carbons (Fsp3) is 0.429. The van der Waals surface area contributed by atoms with Crippen molar-refractivity contribution in [2.45, 2.75) is 32.7 Å². The quantitative estimate of drug-likeness (QED) is 0.852. The monoisotopic (exact) mass is 277 g/mol. The van der Waals surface area contributed by atoms with Gasteiger partial charge in [-0.05, 0) is 37.6 Å². The molecular weight excluding hydrogens is 258 g/mol. The maximum Gasteiger partial charge on any atom is 0.134 e. The molecule has 1 aromatic carbocycles. The third-order valence-corrected chi connectivity index (χ3v) is 3.93. The summed E-state index contributed by atoms with van der Waals surface area (Å²) in [5, 5.41) is 23.3. The topological polar surface area (TPSA) is 58.0 Å². The Bertz CT molecular complexity index is 527. The molecule has 5 heteroatoms. The average molecular weight is 277 g/mol. The predicted octanol–water partition coefficient (Wildman–Crippen LogP) is 2.90. The SMILES string of the molecule is CCCNC(C)c1nnc(Cc2cccc(O)c2)s1. The zero-order valence-electron chi connectivity index (χ0n) is 11.3. The number of aromatic hydroxyl groups is 1. The summed E-state index contributed by atoms with van der Waals surface area (Å²) in [7, 11) is 0. The van der Waals surface area contributed by atoms with Gasteiger partial charge in [-0.25, -0.2) is 0 Å². The lowest BCUT2D eigenvalue weighted by Crippen LogP contribution is -2.18. The lowest BCUT2D eigenvalue weighted by Gasteiger charge is -2.08. The summed E-state index contributed by atoms with van der Waals surface area (Å²) in [4.78, 5) is 0. The molecule has 1 heterocycles. The Hall–Kier alpha value is -1.46. The molecule has 19 heavy (non-hydrogen) atoms. The van der Waals surface area contributed by atoms with Crippen LogP contribution in [0.2, 0.25) is 0 Å². The molecule has 0 radical (unpaired) electrons. The van der Waals surface area contributed by atoms with Crippen molar-refractivity contribution in [1.82, 2.24) is 15.5 Å². The molecule has 0 aliphatic rings. The average Bonchev–Trinajstić information content (AvgIpc) is 2.84. The van der Waals surface area contributed by atoms with Gasteiger partial charge in [-0.2, -0.15) is 0 Å². The Morgan fingerprint density at radius 3 is 2.95 bits per heavy atom. The highest BCUT2D eigenvalue weighted by Gasteiger charge is 2.11. The van der Waals surface area contributed by atoms with Gasteiger partial charge in [-0.1, -0.05) is 30.4 Å². The van der Waals surface area contributed by atoms with Gasteiger partial charge in [0.25, 0.3) is 0 Å². The first-order valence-corrected chi connectivity index (χ1v) is 7.34. The highest BCUT2D eigenvalue weighted by atomic mass is 32.1. The Labute approximate surface area is 117 Å². The highest BCUT2D eigenvalue weighted by molar-refractivity contribution is 7.11. The summed E-state index contributed by atoms with van der Waals surface area (Å²) < 4.78 is 0. The van der Waals surface area contributed by atoms with E-state index in [-0.39, 0.29) is 6.04 Å². The largest absolute Gasteiger partial charge is 0.508 e. The third kappa shape index (κ3) is 4.01. The summed E-state index contributed by atoms with van der Waals surface area (Å²) in [6.45, 7) is 5.24. The minimum Gasteiger partial charge on any atom is -0.508 e. The fourth-order valence-electron chi connectivity index (χ4n) is 1.80. The van der Waals surface area contributed by atoms with Crippen molar-refractivity contribution in [2.24, 2.45) is 0 Å². The lowest BCUT2D eigenvalue weighted by molar-refractivity contribution is 0.474. The smallest absolute Gasteiger partial charge is 0.134 e. The van der Waals surface area contributed by atoms with E-state index in [1.807, 2.05) is 12.1 Å². The number of nitrogens with zero attached hydrogens (tertiary/aromatic N) is 2. The fourth-order valence-corrected chi connectivity index (χ4v) is 2.71. The number of phenols is 1. The van der Waals surface area contributed by atoms with Crippen LogP contribution in [0.1, 0.15) is 41.9 Å². The number of hydrogen-bond donors (Lipinski definition) is 2. The van der Waals surface area contributed by atoms with Gasteiger partial charge in [0, 0.05) is 6.42 Å². The van der Waals surface area contributed by atoms with Crippen molar-refractivity contribution < 1.29 is 5.11 Å². The molecule has 1 aromatic heterocycles. The van der Waals surface area contributed by atoms with Gasteiger partial charge in [0.1, 0.15) is 15.8 Å².